The molecule has 33 heavy (non-hydrogen) atoms. The quantitative estimate of drug-likeness (QED) is 0.661. The zero-order valence-electron chi connectivity index (χ0n) is 19.4. The van der Waals surface area contributed by atoms with Crippen molar-refractivity contribution in [3.8, 4) is 0 Å². The SMILES string of the molecule is C[C@H](OC(=O)C1CCN(C(=O)Nc2ccccc2)CC1)C(=O)NC12CC3CC(CC(C3)C1)C2. The minimum Gasteiger partial charge on any atom is -0.452 e. The molecule has 7 heteroatoms. The fourth-order valence-electron chi connectivity index (χ4n) is 6.99. The number of nitrogens with one attached hydrogen (secondary N) is 2. The van der Waals surface area contributed by atoms with Crippen molar-refractivity contribution in [3.63, 3.8) is 0 Å². The van der Waals surface area contributed by atoms with E-state index in [9.17, 15) is 14.4 Å². The van der Waals surface area contributed by atoms with Crippen LogP contribution in [0.15, 0.2) is 30.3 Å². The molecule has 5 aliphatic rings. The van der Waals surface area contributed by atoms with Gasteiger partial charge in [-0.05, 0) is 88.2 Å². The number of nitrogens with zero attached hydrogens (tertiary/aromatic N) is 1. The predicted molar refractivity (Wildman–Crippen MR) is 124 cm³/mol. The Kier molecular flexibility index (Phi) is 6.06. The summed E-state index contributed by atoms with van der Waals surface area (Å²) in [6, 6.07) is 9.18. The summed E-state index contributed by atoms with van der Waals surface area (Å²) in [6.45, 7) is 2.66. The van der Waals surface area contributed by atoms with E-state index >= 15 is 0 Å². The number of hydrogen-bond donors (Lipinski definition) is 2. The molecule has 1 aromatic carbocycles. The molecule has 0 spiro atoms. The number of piperidine rings is 1. The molecule has 5 fully saturated rings. The number of anilines is 1. The van der Waals surface area contributed by atoms with Crippen LogP contribution in [0.5, 0.6) is 0 Å². The van der Waals surface area contributed by atoms with Gasteiger partial charge in [-0.15, -0.1) is 0 Å². The van der Waals surface area contributed by atoms with Gasteiger partial charge in [0.1, 0.15) is 0 Å². The lowest BCUT2D eigenvalue weighted by molar-refractivity contribution is -0.161. The first-order valence-corrected chi connectivity index (χ1v) is 12.5. The van der Waals surface area contributed by atoms with Gasteiger partial charge in [0, 0.05) is 24.3 Å². The van der Waals surface area contributed by atoms with Crippen LogP contribution in [0.25, 0.3) is 0 Å². The van der Waals surface area contributed by atoms with Crippen molar-refractivity contribution in [2.75, 3.05) is 18.4 Å². The van der Waals surface area contributed by atoms with E-state index in [0.717, 1.165) is 42.7 Å². The molecule has 4 bridgehead atoms. The lowest BCUT2D eigenvalue weighted by Crippen LogP contribution is -2.61. The third-order valence-electron chi connectivity index (χ3n) is 8.23. The number of para-hydroxylation sites is 1. The molecule has 4 saturated carbocycles. The maximum atomic E-state index is 12.9. The third-order valence-corrected chi connectivity index (χ3v) is 8.23. The molecular weight excluding hydrogens is 418 g/mol. The molecule has 178 valence electrons. The van der Waals surface area contributed by atoms with Crippen LogP contribution in [-0.4, -0.2) is 47.5 Å². The average molecular weight is 454 g/mol. The molecule has 0 aromatic heterocycles. The molecular formula is C26H35N3O4. The van der Waals surface area contributed by atoms with Gasteiger partial charge in [-0.25, -0.2) is 4.79 Å². The summed E-state index contributed by atoms with van der Waals surface area (Å²) in [5.41, 5.74) is 0.673. The van der Waals surface area contributed by atoms with Gasteiger partial charge in [-0.3, -0.25) is 9.59 Å². The van der Waals surface area contributed by atoms with Gasteiger partial charge in [0.2, 0.25) is 0 Å². The second-order valence-electron chi connectivity index (χ2n) is 10.8. The monoisotopic (exact) mass is 453 g/mol. The first-order chi connectivity index (χ1) is 15.9. The van der Waals surface area contributed by atoms with Gasteiger partial charge in [0.25, 0.3) is 5.91 Å². The van der Waals surface area contributed by atoms with Crippen LogP contribution in [0.3, 0.4) is 0 Å². The summed E-state index contributed by atoms with van der Waals surface area (Å²) in [6.07, 6.45) is 7.50. The van der Waals surface area contributed by atoms with Crippen LogP contribution < -0.4 is 10.6 Å². The Morgan fingerprint density at radius 2 is 1.55 bits per heavy atom. The van der Waals surface area contributed by atoms with Crippen molar-refractivity contribution in [1.82, 2.24) is 10.2 Å². The normalized spacial score (nSPS) is 31.7. The number of rotatable bonds is 5. The molecule has 3 amide bonds. The van der Waals surface area contributed by atoms with Crippen LogP contribution in [0.4, 0.5) is 10.5 Å². The molecule has 1 heterocycles. The fraction of sp³-hybridized carbons (Fsp3) is 0.654. The summed E-state index contributed by atoms with van der Waals surface area (Å²) < 4.78 is 5.59. The molecule has 1 saturated heterocycles. The van der Waals surface area contributed by atoms with E-state index in [1.165, 1.54) is 19.3 Å². The Morgan fingerprint density at radius 1 is 0.970 bits per heavy atom. The zero-order chi connectivity index (χ0) is 23.0. The van der Waals surface area contributed by atoms with Crippen molar-refractivity contribution >= 4 is 23.6 Å². The van der Waals surface area contributed by atoms with Gasteiger partial charge >= 0.3 is 12.0 Å². The summed E-state index contributed by atoms with van der Waals surface area (Å²) in [4.78, 5) is 39.8. The Balaban J connectivity index is 1.08. The van der Waals surface area contributed by atoms with Gasteiger partial charge in [-0.1, -0.05) is 18.2 Å². The molecule has 0 radical (unpaired) electrons. The van der Waals surface area contributed by atoms with E-state index in [-0.39, 0.29) is 29.4 Å². The van der Waals surface area contributed by atoms with E-state index in [4.69, 9.17) is 4.74 Å². The minimum atomic E-state index is -0.787. The van der Waals surface area contributed by atoms with Gasteiger partial charge in [0.15, 0.2) is 6.10 Å². The number of hydrogen-bond acceptors (Lipinski definition) is 4. The number of likely N-dealkylation sites (tertiary alicyclic amines) is 1. The van der Waals surface area contributed by atoms with Crippen LogP contribution >= 0.6 is 0 Å². The van der Waals surface area contributed by atoms with Crippen molar-refractivity contribution in [1.29, 1.82) is 0 Å². The molecule has 6 rings (SSSR count). The molecule has 1 aliphatic heterocycles. The van der Waals surface area contributed by atoms with Crippen molar-refractivity contribution in [2.24, 2.45) is 23.7 Å². The van der Waals surface area contributed by atoms with E-state index in [1.54, 1.807) is 11.8 Å². The maximum Gasteiger partial charge on any atom is 0.321 e. The van der Waals surface area contributed by atoms with E-state index in [2.05, 4.69) is 10.6 Å². The first kappa shape index (κ1) is 22.2. The number of amides is 3. The smallest absolute Gasteiger partial charge is 0.321 e. The molecule has 0 unspecified atom stereocenters. The molecule has 1 atom stereocenters. The Labute approximate surface area is 195 Å². The largest absolute Gasteiger partial charge is 0.452 e. The average Bonchev–Trinajstić information content (AvgIpc) is 2.78. The highest BCUT2D eigenvalue weighted by Crippen LogP contribution is 2.55. The number of ether oxygens (including phenoxy) is 1. The maximum absolute atomic E-state index is 12.9. The summed E-state index contributed by atoms with van der Waals surface area (Å²) in [5.74, 6) is 1.48. The standard InChI is InChI=1S/C26H35N3O4/c1-17(23(30)28-26-14-18-11-19(15-26)13-20(12-18)16-26)33-24(31)21-7-9-29(10-8-21)25(32)27-22-5-3-2-4-6-22/h2-6,17-21H,7-16H2,1H3,(H,27,32)(H,28,30)/t17-,18?,19?,20?,26?/m0/s1. The van der Waals surface area contributed by atoms with Crippen molar-refractivity contribution < 1.29 is 19.1 Å². The molecule has 1 aromatic rings. The van der Waals surface area contributed by atoms with Crippen molar-refractivity contribution in [3.05, 3.63) is 30.3 Å². The van der Waals surface area contributed by atoms with Gasteiger partial charge in [0.05, 0.1) is 5.92 Å². The molecule has 2 N–H and O–H groups in total. The number of esters is 1. The Morgan fingerprint density at radius 3 is 2.12 bits per heavy atom. The second-order valence-corrected chi connectivity index (χ2v) is 10.8. The van der Waals surface area contributed by atoms with Gasteiger partial charge < -0.3 is 20.3 Å². The number of urea groups is 1. The number of benzene rings is 1. The van der Waals surface area contributed by atoms with E-state index in [0.29, 0.717) is 25.9 Å². The van der Waals surface area contributed by atoms with E-state index < -0.39 is 6.10 Å². The molecule has 7 nitrogen and oxygen atoms in total. The first-order valence-electron chi connectivity index (χ1n) is 12.5. The zero-order valence-corrected chi connectivity index (χ0v) is 19.4. The summed E-state index contributed by atoms with van der Waals surface area (Å²) in [7, 11) is 0. The highest BCUT2D eigenvalue weighted by atomic mass is 16.5. The Bertz CT molecular complexity index is 859. The van der Waals surface area contributed by atoms with Gasteiger partial charge in [-0.2, -0.15) is 0 Å². The van der Waals surface area contributed by atoms with Crippen LogP contribution in [0.1, 0.15) is 58.3 Å². The predicted octanol–water partition coefficient (Wildman–Crippen LogP) is 3.95. The topological polar surface area (TPSA) is 87.7 Å². The summed E-state index contributed by atoms with van der Waals surface area (Å²) in [5, 5.41) is 6.18. The second kappa shape index (κ2) is 8.99. The van der Waals surface area contributed by atoms with Crippen LogP contribution in [0, 0.1) is 23.7 Å². The lowest BCUT2D eigenvalue weighted by atomic mass is 9.53. The van der Waals surface area contributed by atoms with E-state index in [1.807, 2.05) is 30.3 Å². The number of carbonyl (C=O) groups is 3. The van der Waals surface area contributed by atoms with Crippen LogP contribution in [0.2, 0.25) is 0 Å². The minimum absolute atomic E-state index is 0.0794. The third kappa shape index (κ3) is 4.87. The Hall–Kier alpha value is -2.57. The summed E-state index contributed by atoms with van der Waals surface area (Å²) >= 11 is 0. The van der Waals surface area contributed by atoms with Crippen LogP contribution in [-0.2, 0) is 14.3 Å². The lowest BCUT2D eigenvalue weighted by Gasteiger charge is -2.57. The molecule has 4 aliphatic carbocycles. The fourth-order valence-corrected chi connectivity index (χ4v) is 6.99. The highest BCUT2D eigenvalue weighted by molar-refractivity contribution is 5.89. The highest BCUT2D eigenvalue weighted by Gasteiger charge is 2.51. The number of carbonyl (C=O) groups excluding carboxylic acids is 3. The van der Waals surface area contributed by atoms with Crippen molar-refractivity contribution in [2.45, 2.75) is 69.9 Å².